The Morgan fingerprint density at radius 2 is 1.77 bits per heavy atom. The van der Waals surface area contributed by atoms with Crippen LogP contribution in [0.25, 0.3) is 0 Å². The number of carbonyl (C=O) groups excluding carboxylic acids is 1. The number of amides is 2. The number of hydrogen-bond acceptors (Lipinski definition) is 3. The highest BCUT2D eigenvalue weighted by molar-refractivity contribution is 5.74. The second-order valence-electron chi connectivity index (χ2n) is 6.66. The van der Waals surface area contributed by atoms with Crippen LogP contribution in [-0.4, -0.2) is 44.2 Å². The average molecular weight is 353 g/mol. The highest BCUT2D eigenvalue weighted by atomic mass is 16.5. The molecule has 26 heavy (non-hydrogen) atoms. The van der Waals surface area contributed by atoms with Gasteiger partial charge in [0.25, 0.3) is 0 Å². The standard InChI is InChI=1S/C21H27N3O2/c1-16-7-6-9-19(17(16)2)23-11-13-24(14-12-23)21(25)22-15-18-8-4-5-10-20(18)26-3/h4-10H,11-15H2,1-3H3,(H,22,25). The number of ether oxygens (including phenoxy) is 1. The van der Waals surface area contributed by atoms with E-state index in [4.69, 9.17) is 4.74 Å². The summed E-state index contributed by atoms with van der Waals surface area (Å²) in [7, 11) is 1.65. The van der Waals surface area contributed by atoms with E-state index >= 15 is 0 Å². The van der Waals surface area contributed by atoms with E-state index in [1.165, 1.54) is 16.8 Å². The largest absolute Gasteiger partial charge is 0.496 e. The number of nitrogens with zero attached hydrogens (tertiary/aromatic N) is 2. The Labute approximate surface area is 155 Å². The van der Waals surface area contributed by atoms with Gasteiger partial charge in [-0.05, 0) is 37.1 Å². The van der Waals surface area contributed by atoms with Crippen LogP contribution in [0.15, 0.2) is 42.5 Å². The number of carbonyl (C=O) groups is 1. The number of benzene rings is 2. The Morgan fingerprint density at radius 1 is 1.04 bits per heavy atom. The first kappa shape index (κ1) is 18.1. The number of aryl methyl sites for hydroxylation is 1. The van der Waals surface area contributed by atoms with Gasteiger partial charge in [0.1, 0.15) is 5.75 Å². The fourth-order valence-corrected chi connectivity index (χ4v) is 3.36. The van der Waals surface area contributed by atoms with Gasteiger partial charge in [-0.1, -0.05) is 30.3 Å². The molecule has 1 aliphatic rings. The first-order valence-corrected chi connectivity index (χ1v) is 9.06. The van der Waals surface area contributed by atoms with Gasteiger partial charge < -0.3 is 19.9 Å². The van der Waals surface area contributed by atoms with Crippen molar-refractivity contribution in [2.75, 3.05) is 38.2 Å². The van der Waals surface area contributed by atoms with Crippen LogP contribution in [0.2, 0.25) is 0 Å². The molecule has 0 unspecified atom stereocenters. The normalized spacial score (nSPS) is 14.3. The molecule has 0 aromatic heterocycles. The average Bonchev–Trinajstić information content (AvgIpc) is 2.68. The Bertz CT molecular complexity index is 768. The van der Waals surface area contributed by atoms with Crippen LogP contribution in [0.4, 0.5) is 10.5 Å². The van der Waals surface area contributed by atoms with Gasteiger partial charge in [0.15, 0.2) is 0 Å². The minimum atomic E-state index is -0.0171. The summed E-state index contributed by atoms with van der Waals surface area (Å²) in [6, 6.07) is 14.1. The quantitative estimate of drug-likeness (QED) is 0.917. The fraction of sp³-hybridized carbons (Fsp3) is 0.381. The van der Waals surface area contributed by atoms with Gasteiger partial charge in [-0.2, -0.15) is 0 Å². The summed E-state index contributed by atoms with van der Waals surface area (Å²) in [5.41, 5.74) is 4.89. The van der Waals surface area contributed by atoms with E-state index in [2.05, 4.69) is 42.3 Å². The summed E-state index contributed by atoms with van der Waals surface area (Å²) < 4.78 is 5.34. The van der Waals surface area contributed by atoms with E-state index in [0.717, 1.165) is 37.5 Å². The molecule has 1 fully saturated rings. The van der Waals surface area contributed by atoms with Crippen molar-refractivity contribution in [3.63, 3.8) is 0 Å². The number of nitrogens with one attached hydrogen (secondary N) is 1. The molecule has 0 atom stereocenters. The van der Waals surface area contributed by atoms with Crippen LogP contribution in [0.1, 0.15) is 16.7 Å². The summed E-state index contributed by atoms with van der Waals surface area (Å²) in [4.78, 5) is 16.7. The van der Waals surface area contributed by atoms with Gasteiger partial charge in [0.2, 0.25) is 0 Å². The van der Waals surface area contributed by atoms with Crippen molar-refractivity contribution in [2.45, 2.75) is 20.4 Å². The fourth-order valence-electron chi connectivity index (χ4n) is 3.36. The van der Waals surface area contributed by atoms with Crippen molar-refractivity contribution in [1.29, 1.82) is 0 Å². The van der Waals surface area contributed by atoms with Gasteiger partial charge in [-0.3, -0.25) is 0 Å². The number of anilines is 1. The summed E-state index contributed by atoms with van der Waals surface area (Å²) >= 11 is 0. The Kier molecular flexibility index (Phi) is 5.66. The van der Waals surface area contributed by atoms with Crippen LogP contribution in [0, 0.1) is 13.8 Å². The second-order valence-corrected chi connectivity index (χ2v) is 6.66. The minimum absolute atomic E-state index is 0.0171. The summed E-state index contributed by atoms with van der Waals surface area (Å²) in [5, 5.41) is 3.01. The lowest BCUT2D eigenvalue weighted by Crippen LogP contribution is -2.51. The maximum Gasteiger partial charge on any atom is 0.317 e. The lowest BCUT2D eigenvalue weighted by molar-refractivity contribution is 0.194. The molecule has 0 bridgehead atoms. The van der Waals surface area contributed by atoms with Crippen LogP contribution >= 0.6 is 0 Å². The number of para-hydroxylation sites is 1. The lowest BCUT2D eigenvalue weighted by Gasteiger charge is -2.37. The molecule has 3 rings (SSSR count). The van der Waals surface area contributed by atoms with Crippen molar-refractivity contribution < 1.29 is 9.53 Å². The molecule has 1 saturated heterocycles. The number of hydrogen-bond donors (Lipinski definition) is 1. The predicted octanol–water partition coefficient (Wildman–Crippen LogP) is 3.34. The van der Waals surface area contributed by atoms with E-state index in [9.17, 15) is 4.79 Å². The summed E-state index contributed by atoms with van der Waals surface area (Å²) in [6.07, 6.45) is 0. The zero-order chi connectivity index (χ0) is 18.5. The van der Waals surface area contributed by atoms with E-state index < -0.39 is 0 Å². The number of methoxy groups -OCH3 is 1. The number of piperazine rings is 1. The third-order valence-corrected chi connectivity index (χ3v) is 5.11. The van der Waals surface area contributed by atoms with E-state index in [1.54, 1.807) is 7.11 Å². The Hall–Kier alpha value is -2.69. The third kappa shape index (κ3) is 3.93. The molecule has 5 nitrogen and oxygen atoms in total. The molecule has 1 N–H and O–H groups in total. The molecule has 2 aromatic rings. The molecular weight excluding hydrogens is 326 g/mol. The topological polar surface area (TPSA) is 44.8 Å². The maximum absolute atomic E-state index is 12.5. The van der Waals surface area contributed by atoms with Gasteiger partial charge in [-0.25, -0.2) is 4.79 Å². The molecular formula is C21H27N3O2. The summed E-state index contributed by atoms with van der Waals surface area (Å²) in [6.45, 7) is 7.94. The van der Waals surface area contributed by atoms with Gasteiger partial charge >= 0.3 is 6.03 Å². The first-order chi connectivity index (χ1) is 12.6. The molecule has 0 aliphatic carbocycles. The lowest BCUT2D eigenvalue weighted by atomic mass is 10.1. The highest BCUT2D eigenvalue weighted by Gasteiger charge is 2.22. The first-order valence-electron chi connectivity index (χ1n) is 9.06. The van der Waals surface area contributed by atoms with Crippen molar-refractivity contribution in [1.82, 2.24) is 10.2 Å². The Morgan fingerprint density at radius 3 is 2.50 bits per heavy atom. The SMILES string of the molecule is COc1ccccc1CNC(=O)N1CCN(c2cccc(C)c2C)CC1. The second kappa shape index (κ2) is 8.13. The summed E-state index contributed by atoms with van der Waals surface area (Å²) in [5.74, 6) is 0.799. The van der Waals surface area contributed by atoms with E-state index in [1.807, 2.05) is 29.2 Å². The molecule has 0 radical (unpaired) electrons. The van der Waals surface area contributed by atoms with E-state index in [-0.39, 0.29) is 6.03 Å². The molecule has 5 heteroatoms. The molecule has 2 amide bonds. The van der Waals surface area contributed by atoms with Gasteiger partial charge in [0, 0.05) is 44.0 Å². The van der Waals surface area contributed by atoms with Crippen LogP contribution in [0.3, 0.4) is 0 Å². The monoisotopic (exact) mass is 353 g/mol. The third-order valence-electron chi connectivity index (χ3n) is 5.11. The van der Waals surface area contributed by atoms with Crippen molar-refractivity contribution in [3.8, 4) is 5.75 Å². The smallest absolute Gasteiger partial charge is 0.317 e. The van der Waals surface area contributed by atoms with Crippen LogP contribution in [-0.2, 0) is 6.54 Å². The predicted molar refractivity (Wildman–Crippen MR) is 105 cm³/mol. The van der Waals surface area contributed by atoms with Crippen molar-refractivity contribution >= 4 is 11.7 Å². The Balaban J connectivity index is 1.54. The van der Waals surface area contributed by atoms with Gasteiger partial charge in [0.05, 0.1) is 7.11 Å². The van der Waals surface area contributed by atoms with Crippen molar-refractivity contribution in [3.05, 3.63) is 59.2 Å². The molecule has 0 saturated carbocycles. The van der Waals surface area contributed by atoms with Crippen LogP contribution < -0.4 is 15.0 Å². The highest BCUT2D eigenvalue weighted by Crippen LogP contribution is 2.24. The zero-order valence-electron chi connectivity index (χ0n) is 15.8. The maximum atomic E-state index is 12.5. The zero-order valence-corrected chi connectivity index (χ0v) is 15.8. The molecule has 138 valence electrons. The van der Waals surface area contributed by atoms with E-state index in [0.29, 0.717) is 6.54 Å². The molecule has 2 aromatic carbocycles. The van der Waals surface area contributed by atoms with Crippen molar-refractivity contribution in [2.24, 2.45) is 0 Å². The molecule has 0 spiro atoms. The van der Waals surface area contributed by atoms with Gasteiger partial charge in [-0.15, -0.1) is 0 Å². The molecule has 1 heterocycles. The van der Waals surface area contributed by atoms with Crippen LogP contribution in [0.5, 0.6) is 5.75 Å². The molecule has 1 aliphatic heterocycles. The number of rotatable bonds is 4. The number of urea groups is 1. The minimum Gasteiger partial charge on any atom is -0.496 e.